The fourth-order valence-electron chi connectivity index (χ4n) is 4.25. The quantitative estimate of drug-likeness (QED) is 0.279. The van der Waals surface area contributed by atoms with E-state index in [0.29, 0.717) is 39.6 Å². The Balaban J connectivity index is 2.33. The molecule has 0 fully saturated rings. The zero-order valence-corrected chi connectivity index (χ0v) is 23.8. The van der Waals surface area contributed by atoms with E-state index in [9.17, 15) is 14.9 Å². The second-order valence-corrected chi connectivity index (χ2v) is 9.70. The Kier molecular flexibility index (Phi) is 9.06. The number of rotatable bonds is 9. The van der Waals surface area contributed by atoms with Gasteiger partial charge < -0.3 is 20.7 Å². The number of allylic oxidation sites excluding steroid dienone is 2. The van der Waals surface area contributed by atoms with Gasteiger partial charge in [-0.3, -0.25) is 14.5 Å². The average Bonchev–Trinajstić information content (AvgIpc) is 3.19. The molecule has 2 amide bonds. The van der Waals surface area contributed by atoms with Crippen LogP contribution in [0.15, 0.2) is 70.6 Å². The first kappa shape index (κ1) is 29.6. The van der Waals surface area contributed by atoms with Crippen molar-refractivity contribution in [3.63, 3.8) is 0 Å². The van der Waals surface area contributed by atoms with E-state index < -0.39 is 17.9 Å². The first-order chi connectivity index (χ1) is 18.9. The SMILES string of the molecule is C=C(C)/C=C(\C(=O)NC)N1C(=O)C(N)=C(C(=Nc2cnc(N(C)C)nc2OC)C(C)C)[C@@H]1c1ccc(C#N)cc1. The highest BCUT2D eigenvalue weighted by molar-refractivity contribution is 6.15. The third kappa shape index (κ3) is 5.86. The standard InChI is InChI=1S/C29H34N8O3/c1-16(2)13-21(26(38)32-5)37-25(19-11-9-18(14-30)10-12-19)22(23(31)28(37)39)24(17(3)4)34-20-15-33-29(36(6)7)35-27(20)40-8/h9-13,15,17,25H,1,31H2,2-8H3,(H,32,38)/b21-13+,34-24?/t25-/m0/s1. The van der Waals surface area contributed by atoms with Gasteiger partial charge in [-0.05, 0) is 36.6 Å². The zero-order chi connectivity index (χ0) is 29.7. The molecule has 0 unspecified atom stereocenters. The van der Waals surface area contributed by atoms with Gasteiger partial charge in [0.25, 0.3) is 11.8 Å². The van der Waals surface area contributed by atoms with E-state index in [2.05, 4.69) is 27.9 Å². The Labute approximate surface area is 234 Å². The van der Waals surface area contributed by atoms with Crippen molar-refractivity contribution in [2.45, 2.75) is 26.8 Å². The van der Waals surface area contributed by atoms with Crippen LogP contribution in [0.4, 0.5) is 11.6 Å². The number of benzene rings is 1. The number of carbonyl (C=O) groups excluding carboxylic acids is 2. The molecule has 40 heavy (non-hydrogen) atoms. The molecule has 3 N–H and O–H groups in total. The van der Waals surface area contributed by atoms with Gasteiger partial charge in [0, 0.05) is 26.7 Å². The highest BCUT2D eigenvalue weighted by Crippen LogP contribution is 2.42. The summed E-state index contributed by atoms with van der Waals surface area (Å²) in [6.45, 7) is 9.47. The molecule has 1 aliphatic heterocycles. The van der Waals surface area contributed by atoms with Crippen LogP contribution in [-0.4, -0.2) is 60.6 Å². The van der Waals surface area contributed by atoms with E-state index in [1.165, 1.54) is 25.1 Å². The van der Waals surface area contributed by atoms with Crippen molar-refractivity contribution in [2.24, 2.45) is 16.6 Å². The minimum Gasteiger partial charge on any atom is -0.479 e. The number of nitrogens with zero attached hydrogens (tertiary/aromatic N) is 6. The van der Waals surface area contributed by atoms with Gasteiger partial charge in [0.15, 0.2) is 0 Å². The third-order valence-corrected chi connectivity index (χ3v) is 6.11. The van der Waals surface area contributed by atoms with Gasteiger partial charge in [-0.2, -0.15) is 10.2 Å². The number of ether oxygens (including phenoxy) is 1. The number of nitrogens with one attached hydrogen (secondary N) is 1. The summed E-state index contributed by atoms with van der Waals surface area (Å²) in [4.78, 5) is 43.6. The number of aromatic nitrogens is 2. The van der Waals surface area contributed by atoms with Gasteiger partial charge in [0.1, 0.15) is 17.1 Å². The number of nitriles is 1. The Morgan fingerprint density at radius 1 is 1.32 bits per heavy atom. The molecule has 0 aliphatic carbocycles. The molecule has 11 nitrogen and oxygen atoms in total. The van der Waals surface area contributed by atoms with E-state index >= 15 is 0 Å². The molecule has 3 rings (SSSR count). The van der Waals surface area contributed by atoms with E-state index in [1.54, 1.807) is 42.3 Å². The van der Waals surface area contributed by atoms with Crippen molar-refractivity contribution >= 4 is 29.2 Å². The molecule has 0 radical (unpaired) electrons. The first-order valence-corrected chi connectivity index (χ1v) is 12.5. The molecule has 0 spiro atoms. The van der Waals surface area contributed by atoms with E-state index in [1.807, 2.05) is 27.9 Å². The number of methoxy groups -OCH3 is 1. The monoisotopic (exact) mass is 542 g/mol. The topological polar surface area (TPSA) is 150 Å². The maximum absolute atomic E-state index is 13.8. The van der Waals surface area contributed by atoms with Crippen LogP contribution < -0.4 is 20.7 Å². The van der Waals surface area contributed by atoms with Gasteiger partial charge in [-0.25, -0.2) is 9.98 Å². The Morgan fingerprint density at radius 2 is 1.98 bits per heavy atom. The number of amides is 2. The van der Waals surface area contributed by atoms with Crippen LogP contribution >= 0.6 is 0 Å². The van der Waals surface area contributed by atoms with E-state index in [0.717, 1.165) is 0 Å². The van der Waals surface area contributed by atoms with Crippen molar-refractivity contribution in [1.82, 2.24) is 20.2 Å². The van der Waals surface area contributed by atoms with Gasteiger partial charge >= 0.3 is 0 Å². The van der Waals surface area contributed by atoms with Crippen molar-refractivity contribution in [3.05, 3.63) is 76.8 Å². The number of hydrogen-bond acceptors (Lipinski definition) is 9. The van der Waals surface area contributed by atoms with Crippen LogP contribution in [0.2, 0.25) is 0 Å². The predicted molar refractivity (Wildman–Crippen MR) is 154 cm³/mol. The first-order valence-electron chi connectivity index (χ1n) is 12.5. The largest absolute Gasteiger partial charge is 0.479 e. The van der Waals surface area contributed by atoms with Gasteiger partial charge in [-0.1, -0.05) is 38.1 Å². The number of likely N-dealkylation sites (N-methyl/N-ethyl adjacent to an activating group) is 1. The minimum atomic E-state index is -0.822. The highest BCUT2D eigenvalue weighted by Gasteiger charge is 2.44. The lowest BCUT2D eigenvalue weighted by molar-refractivity contribution is -0.129. The summed E-state index contributed by atoms with van der Waals surface area (Å²) in [5.74, 6) is -0.561. The van der Waals surface area contributed by atoms with Crippen molar-refractivity contribution in [3.8, 4) is 11.9 Å². The number of aliphatic imine (C=N–C) groups is 1. The van der Waals surface area contributed by atoms with Crippen molar-refractivity contribution < 1.29 is 14.3 Å². The summed E-state index contributed by atoms with van der Waals surface area (Å²) < 4.78 is 5.50. The number of carbonyl (C=O) groups is 2. The summed E-state index contributed by atoms with van der Waals surface area (Å²) in [5.41, 5.74) is 9.49. The van der Waals surface area contributed by atoms with Gasteiger partial charge in [0.05, 0.1) is 36.7 Å². The molecular formula is C29H34N8O3. The Bertz CT molecular complexity index is 1460. The molecule has 0 saturated carbocycles. The number of hydrogen-bond donors (Lipinski definition) is 2. The van der Waals surface area contributed by atoms with E-state index in [4.69, 9.17) is 15.5 Å². The smallest absolute Gasteiger partial charge is 0.275 e. The third-order valence-electron chi connectivity index (χ3n) is 6.11. The average molecular weight is 543 g/mol. The molecule has 2 aromatic rings. The Morgan fingerprint density at radius 3 is 2.48 bits per heavy atom. The zero-order valence-electron chi connectivity index (χ0n) is 23.8. The minimum absolute atomic E-state index is 0.0527. The summed E-state index contributed by atoms with van der Waals surface area (Å²) in [5, 5.41) is 11.9. The molecular weight excluding hydrogens is 508 g/mol. The maximum Gasteiger partial charge on any atom is 0.275 e. The lowest BCUT2D eigenvalue weighted by atomic mass is 9.89. The number of nitrogens with two attached hydrogens (primary N) is 1. The van der Waals surface area contributed by atoms with Gasteiger partial charge in [0.2, 0.25) is 11.8 Å². The van der Waals surface area contributed by atoms with Crippen LogP contribution in [0.25, 0.3) is 0 Å². The lowest BCUT2D eigenvalue weighted by Crippen LogP contribution is -2.38. The number of anilines is 1. The van der Waals surface area contributed by atoms with Crippen LogP contribution in [0.1, 0.15) is 37.9 Å². The molecule has 0 bridgehead atoms. The molecule has 0 saturated heterocycles. The van der Waals surface area contributed by atoms with Crippen LogP contribution in [0, 0.1) is 17.2 Å². The summed E-state index contributed by atoms with van der Waals surface area (Å²) in [6.07, 6.45) is 3.08. The molecule has 2 heterocycles. The molecule has 1 aromatic heterocycles. The van der Waals surface area contributed by atoms with Gasteiger partial charge in [-0.15, -0.1) is 0 Å². The van der Waals surface area contributed by atoms with Crippen molar-refractivity contribution in [1.29, 1.82) is 5.26 Å². The second-order valence-electron chi connectivity index (χ2n) is 9.70. The lowest BCUT2D eigenvalue weighted by Gasteiger charge is -2.30. The normalized spacial score (nSPS) is 15.8. The predicted octanol–water partition coefficient (Wildman–Crippen LogP) is 3.15. The van der Waals surface area contributed by atoms with E-state index in [-0.39, 0.29) is 23.2 Å². The summed E-state index contributed by atoms with van der Waals surface area (Å²) >= 11 is 0. The Hall–Kier alpha value is -4.98. The molecule has 1 atom stereocenters. The maximum atomic E-state index is 13.8. The fourth-order valence-corrected chi connectivity index (χ4v) is 4.25. The summed E-state index contributed by atoms with van der Waals surface area (Å²) in [6, 6.07) is 8.04. The molecule has 1 aromatic carbocycles. The molecule has 208 valence electrons. The molecule has 1 aliphatic rings. The molecule has 11 heteroatoms. The van der Waals surface area contributed by atoms with Crippen LogP contribution in [-0.2, 0) is 9.59 Å². The fraction of sp³-hybridized carbons (Fsp3) is 0.310. The highest BCUT2D eigenvalue weighted by atomic mass is 16.5. The van der Waals surface area contributed by atoms with Crippen LogP contribution in [0.3, 0.4) is 0 Å². The van der Waals surface area contributed by atoms with Crippen LogP contribution in [0.5, 0.6) is 5.88 Å². The summed E-state index contributed by atoms with van der Waals surface area (Å²) in [7, 11) is 6.59. The second kappa shape index (κ2) is 12.3. The van der Waals surface area contributed by atoms with Crippen molar-refractivity contribution in [2.75, 3.05) is 33.2 Å².